The van der Waals surface area contributed by atoms with Crippen LogP contribution in [0.25, 0.3) is 0 Å². The zero-order chi connectivity index (χ0) is 15.5. The fourth-order valence-electron chi connectivity index (χ4n) is 2.87. The summed E-state index contributed by atoms with van der Waals surface area (Å²) in [5.41, 5.74) is 1.06. The third kappa shape index (κ3) is 2.90. The number of hydrogen-bond donors (Lipinski definition) is 1. The lowest BCUT2D eigenvalue weighted by Crippen LogP contribution is -2.33. The van der Waals surface area contributed by atoms with E-state index in [1.54, 1.807) is 23.3 Å². The van der Waals surface area contributed by atoms with Gasteiger partial charge in [0.15, 0.2) is 0 Å². The van der Waals surface area contributed by atoms with Crippen LogP contribution < -0.4 is 5.32 Å². The van der Waals surface area contributed by atoms with Crippen molar-refractivity contribution < 1.29 is 9.59 Å². The van der Waals surface area contributed by atoms with E-state index in [4.69, 9.17) is 0 Å². The molecule has 0 saturated carbocycles. The molecule has 0 bridgehead atoms. The lowest BCUT2D eigenvalue weighted by atomic mass is 9.98. The van der Waals surface area contributed by atoms with Gasteiger partial charge in [-0.05, 0) is 17.0 Å². The molecular weight excluding hydrogens is 296 g/mol. The molecule has 2 amide bonds. The molecule has 0 radical (unpaired) electrons. The first-order chi connectivity index (χ1) is 10.7. The number of carbonyl (C=O) groups is 2. The Kier molecular flexibility index (Phi) is 4.24. The van der Waals surface area contributed by atoms with Gasteiger partial charge < -0.3 is 10.2 Å². The number of likely N-dealkylation sites (tertiary alicyclic amines) is 1. The van der Waals surface area contributed by atoms with Gasteiger partial charge in [0.1, 0.15) is 0 Å². The van der Waals surface area contributed by atoms with E-state index >= 15 is 0 Å². The molecule has 1 N–H and O–H groups in total. The van der Waals surface area contributed by atoms with Crippen molar-refractivity contribution in [2.75, 3.05) is 7.05 Å². The average Bonchev–Trinajstić information content (AvgIpc) is 3.15. The first-order valence-electron chi connectivity index (χ1n) is 7.27. The molecule has 1 fully saturated rings. The van der Waals surface area contributed by atoms with E-state index in [1.165, 1.54) is 0 Å². The minimum atomic E-state index is -0.320. The molecule has 3 rings (SSSR count). The van der Waals surface area contributed by atoms with E-state index < -0.39 is 0 Å². The minimum absolute atomic E-state index is 0.0262. The Hall–Kier alpha value is -2.14. The van der Waals surface area contributed by atoms with Crippen LogP contribution in [-0.2, 0) is 16.1 Å². The predicted octanol–water partition coefficient (Wildman–Crippen LogP) is 2.58. The Labute approximate surface area is 133 Å². The molecule has 114 valence electrons. The second-order valence-corrected chi connectivity index (χ2v) is 6.46. The van der Waals surface area contributed by atoms with Crippen molar-refractivity contribution in [1.82, 2.24) is 10.2 Å². The topological polar surface area (TPSA) is 49.4 Å². The number of benzene rings is 1. The summed E-state index contributed by atoms with van der Waals surface area (Å²) in [5, 5.41) is 4.94. The molecule has 22 heavy (non-hydrogen) atoms. The maximum Gasteiger partial charge on any atom is 0.226 e. The largest absolute Gasteiger partial charge is 0.352 e. The number of hydrogen-bond acceptors (Lipinski definition) is 3. The molecule has 1 aromatic heterocycles. The Morgan fingerprint density at radius 1 is 1.27 bits per heavy atom. The smallest absolute Gasteiger partial charge is 0.226 e. The van der Waals surface area contributed by atoms with Crippen LogP contribution in [0.4, 0.5) is 0 Å². The van der Waals surface area contributed by atoms with Crippen molar-refractivity contribution >= 4 is 23.2 Å². The molecule has 1 aliphatic heterocycles. The van der Waals surface area contributed by atoms with Gasteiger partial charge in [-0.25, -0.2) is 0 Å². The summed E-state index contributed by atoms with van der Waals surface area (Å²) in [5.74, 6) is -0.349. The Morgan fingerprint density at radius 3 is 2.73 bits per heavy atom. The summed E-state index contributed by atoms with van der Waals surface area (Å²) in [7, 11) is 1.77. The first-order valence-corrected chi connectivity index (χ1v) is 8.15. The SMILES string of the molecule is CN1C(=O)CC(C(=O)NCc2ccccc2)C1c1cccs1. The van der Waals surface area contributed by atoms with Gasteiger partial charge >= 0.3 is 0 Å². The lowest BCUT2D eigenvalue weighted by Gasteiger charge is -2.23. The molecular formula is C17H18N2O2S. The molecule has 2 aromatic rings. The van der Waals surface area contributed by atoms with Crippen molar-refractivity contribution in [2.24, 2.45) is 5.92 Å². The van der Waals surface area contributed by atoms with Crippen LogP contribution >= 0.6 is 11.3 Å². The molecule has 5 heteroatoms. The summed E-state index contributed by atoms with van der Waals surface area (Å²) < 4.78 is 0. The second-order valence-electron chi connectivity index (χ2n) is 5.48. The van der Waals surface area contributed by atoms with E-state index in [0.717, 1.165) is 10.4 Å². The maximum atomic E-state index is 12.5. The third-order valence-corrected chi connectivity index (χ3v) is 5.01. The van der Waals surface area contributed by atoms with Gasteiger partial charge in [-0.15, -0.1) is 11.3 Å². The van der Waals surface area contributed by atoms with Gasteiger partial charge in [-0.2, -0.15) is 0 Å². The number of carbonyl (C=O) groups excluding carboxylic acids is 2. The number of nitrogens with zero attached hydrogens (tertiary/aromatic N) is 1. The van der Waals surface area contributed by atoms with Crippen LogP contribution in [0.5, 0.6) is 0 Å². The van der Waals surface area contributed by atoms with E-state index in [1.807, 2.05) is 47.8 Å². The maximum absolute atomic E-state index is 12.5. The monoisotopic (exact) mass is 314 g/mol. The molecule has 1 aromatic carbocycles. The van der Waals surface area contributed by atoms with E-state index in [9.17, 15) is 9.59 Å². The molecule has 0 aliphatic carbocycles. The van der Waals surface area contributed by atoms with Crippen LogP contribution in [0, 0.1) is 5.92 Å². The van der Waals surface area contributed by atoms with E-state index in [-0.39, 0.29) is 30.2 Å². The highest BCUT2D eigenvalue weighted by atomic mass is 32.1. The number of amides is 2. The zero-order valence-electron chi connectivity index (χ0n) is 12.4. The van der Waals surface area contributed by atoms with E-state index in [2.05, 4.69) is 5.32 Å². The summed E-state index contributed by atoms with van der Waals surface area (Å²) in [6.45, 7) is 0.491. The quantitative estimate of drug-likeness (QED) is 0.943. The summed E-state index contributed by atoms with van der Waals surface area (Å²) in [6.07, 6.45) is 0.277. The molecule has 2 unspecified atom stereocenters. The summed E-state index contributed by atoms with van der Waals surface area (Å²) >= 11 is 1.59. The highest BCUT2D eigenvalue weighted by Gasteiger charge is 2.42. The minimum Gasteiger partial charge on any atom is -0.352 e. The van der Waals surface area contributed by atoms with Crippen molar-refractivity contribution in [3.63, 3.8) is 0 Å². The fourth-order valence-corrected chi connectivity index (χ4v) is 3.80. The van der Waals surface area contributed by atoms with Gasteiger partial charge in [0.2, 0.25) is 11.8 Å². The Morgan fingerprint density at radius 2 is 2.05 bits per heavy atom. The number of thiophene rings is 1. The summed E-state index contributed by atoms with van der Waals surface area (Å²) in [4.78, 5) is 27.3. The van der Waals surface area contributed by atoms with Crippen LogP contribution in [0.2, 0.25) is 0 Å². The first kappa shape index (κ1) is 14.8. The molecule has 1 aliphatic rings. The average molecular weight is 314 g/mol. The van der Waals surface area contributed by atoms with Gasteiger partial charge in [-0.1, -0.05) is 36.4 Å². The Bertz CT molecular complexity index is 655. The lowest BCUT2D eigenvalue weighted by molar-refractivity contribution is -0.128. The van der Waals surface area contributed by atoms with Crippen molar-refractivity contribution in [3.05, 3.63) is 58.3 Å². The molecule has 1 saturated heterocycles. The molecule has 0 spiro atoms. The second kappa shape index (κ2) is 6.32. The van der Waals surface area contributed by atoms with Crippen LogP contribution in [0.3, 0.4) is 0 Å². The molecule has 4 nitrogen and oxygen atoms in total. The van der Waals surface area contributed by atoms with Crippen LogP contribution in [0.15, 0.2) is 47.8 Å². The fraction of sp³-hybridized carbons (Fsp3) is 0.294. The van der Waals surface area contributed by atoms with Crippen molar-refractivity contribution in [3.8, 4) is 0 Å². The number of nitrogens with one attached hydrogen (secondary N) is 1. The highest BCUT2D eigenvalue weighted by Crippen LogP contribution is 2.39. The van der Waals surface area contributed by atoms with Gasteiger partial charge in [-0.3, -0.25) is 9.59 Å². The van der Waals surface area contributed by atoms with Crippen LogP contribution in [-0.4, -0.2) is 23.8 Å². The zero-order valence-corrected chi connectivity index (χ0v) is 13.2. The van der Waals surface area contributed by atoms with Gasteiger partial charge in [0.05, 0.1) is 12.0 Å². The standard InChI is InChI=1S/C17H18N2O2S/c1-19-15(20)10-13(16(19)14-8-5-9-22-14)17(21)18-11-12-6-3-2-4-7-12/h2-9,13,16H,10-11H2,1H3,(H,18,21). The van der Waals surface area contributed by atoms with Crippen molar-refractivity contribution in [1.29, 1.82) is 0 Å². The molecule has 2 heterocycles. The van der Waals surface area contributed by atoms with Crippen molar-refractivity contribution in [2.45, 2.75) is 19.0 Å². The normalized spacial score (nSPS) is 21.1. The predicted molar refractivity (Wildman–Crippen MR) is 86.2 cm³/mol. The highest BCUT2D eigenvalue weighted by molar-refractivity contribution is 7.10. The van der Waals surface area contributed by atoms with Gasteiger partial charge in [0, 0.05) is 24.9 Å². The van der Waals surface area contributed by atoms with E-state index in [0.29, 0.717) is 6.54 Å². The molecule has 2 atom stereocenters. The third-order valence-electron chi connectivity index (χ3n) is 4.07. The summed E-state index contributed by atoms with van der Waals surface area (Å²) in [6, 6.07) is 13.6. The number of rotatable bonds is 4. The van der Waals surface area contributed by atoms with Crippen LogP contribution in [0.1, 0.15) is 22.9 Å². The van der Waals surface area contributed by atoms with Gasteiger partial charge in [0.25, 0.3) is 0 Å². The Balaban J connectivity index is 1.72.